The average Bonchev–Trinajstić information content (AvgIpc) is 2.76. The molecule has 0 spiro atoms. The molecule has 0 unspecified atom stereocenters. The first-order valence-electron chi connectivity index (χ1n) is 10.0. The summed E-state index contributed by atoms with van der Waals surface area (Å²) in [5, 5.41) is 13.2. The van der Waals surface area contributed by atoms with Gasteiger partial charge in [-0.05, 0) is 59.1 Å². The minimum absolute atomic E-state index is 0.0374. The quantitative estimate of drug-likeness (QED) is 0.240. The van der Waals surface area contributed by atoms with Gasteiger partial charge in [-0.25, -0.2) is 9.69 Å². The zero-order chi connectivity index (χ0) is 24.1. The first kappa shape index (κ1) is 23.9. The summed E-state index contributed by atoms with van der Waals surface area (Å²) in [5.74, 6) is -0.882. The Kier molecular flexibility index (Phi) is 7.44. The number of barbiturate groups is 1. The Bertz CT molecular complexity index is 1160. The van der Waals surface area contributed by atoms with Crippen LogP contribution in [0.25, 0.3) is 6.08 Å². The van der Waals surface area contributed by atoms with E-state index in [4.69, 9.17) is 9.47 Å². The lowest BCUT2D eigenvalue weighted by Gasteiger charge is -2.26. The lowest BCUT2D eigenvalue weighted by atomic mass is 10.1. The van der Waals surface area contributed by atoms with Crippen molar-refractivity contribution < 1.29 is 28.8 Å². The molecule has 2 aromatic rings. The third kappa shape index (κ3) is 5.20. The third-order valence-corrected chi connectivity index (χ3v) is 5.08. The van der Waals surface area contributed by atoms with E-state index in [9.17, 15) is 24.5 Å². The number of non-ortho nitro benzene ring substituents is 1. The van der Waals surface area contributed by atoms with Gasteiger partial charge >= 0.3 is 6.03 Å². The number of nitro benzene ring substituents is 1. The third-order valence-electron chi connectivity index (χ3n) is 4.49. The molecule has 0 aromatic heterocycles. The van der Waals surface area contributed by atoms with Crippen molar-refractivity contribution in [2.24, 2.45) is 0 Å². The Hall–Kier alpha value is -3.73. The summed E-state index contributed by atoms with van der Waals surface area (Å²) in [7, 11) is 0. The Labute approximate surface area is 197 Å². The van der Waals surface area contributed by atoms with Gasteiger partial charge in [-0.1, -0.05) is 13.0 Å². The van der Waals surface area contributed by atoms with Crippen LogP contribution in [0.15, 0.2) is 46.4 Å². The van der Waals surface area contributed by atoms with Crippen LogP contribution in [0.4, 0.5) is 16.2 Å². The Morgan fingerprint density at radius 3 is 2.58 bits per heavy atom. The van der Waals surface area contributed by atoms with Gasteiger partial charge in [-0.15, -0.1) is 0 Å². The first-order valence-corrected chi connectivity index (χ1v) is 10.8. The van der Waals surface area contributed by atoms with Crippen molar-refractivity contribution in [1.29, 1.82) is 0 Å². The van der Waals surface area contributed by atoms with Gasteiger partial charge < -0.3 is 9.47 Å². The van der Waals surface area contributed by atoms with Gasteiger partial charge in [-0.2, -0.15) is 0 Å². The standard InChI is InChI=1S/C22H20BrN3O7/c1-3-8-33-19-17(23)10-13(11-18(19)32-4-2)9-16-20(27)24-22(29)25(21(16)28)14-6-5-7-15(12-14)26(30)31/h5-7,9-12H,3-4,8H2,1-2H3,(H,24,27,29)/b16-9+. The number of hydrogen-bond acceptors (Lipinski definition) is 7. The molecule has 0 saturated carbocycles. The molecule has 1 N–H and O–H groups in total. The molecule has 1 aliphatic rings. The van der Waals surface area contributed by atoms with Crippen LogP contribution in [0.3, 0.4) is 0 Å². The maximum absolute atomic E-state index is 13.1. The van der Waals surface area contributed by atoms with Crippen LogP contribution in [-0.2, 0) is 9.59 Å². The molecule has 0 radical (unpaired) electrons. The predicted octanol–water partition coefficient (Wildman–Crippen LogP) is 4.21. The monoisotopic (exact) mass is 517 g/mol. The molecule has 1 heterocycles. The van der Waals surface area contributed by atoms with Gasteiger partial charge in [0, 0.05) is 12.1 Å². The van der Waals surface area contributed by atoms with Crippen molar-refractivity contribution in [2.75, 3.05) is 18.1 Å². The summed E-state index contributed by atoms with van der Waals surface area (Å²) in [6, 6.07) is 7.27. The Morgan fingerprint density at radius 2 is 1.91 bits per heavy atom. The maximum Gasteiger partial charge on any atom is 0.335 e. The van der Waals surface area contributed by atoms with Crippen molar-refractivity contribution in [2.45, 2.75) is 20.3 Å². The number of anilines is 1. The molecule has 0 atom stereocenters. The van der Waals surface area contributed by atoms with E-state index < -0.39 is 22.8 Å². The van der Waals surface area contributed by atoms with Gasteiger partial charge in [0.1, 0.15) is 5.57 Å². The van der Waals surface area contributed by atoms with Crippen LogP contribution in [0.2, 0.25) is 0 Å². The van der Waals surface area contributed by atoms with Crippen LogP contribution in [0.1, 0.15) is 25.8 Å². The van der Waals surface area contributed by atoms with Crippen LogP contribution in [-0.4, -0.2) is 36.0 Å². The Balaban J connectivity index is 2.03. The first-order chi connectivity index (χ1) is 15.8. The molecule has 11 heteroatoms. The fourth-order valence-electron chi connectivity index (χ4n) is 3.08. The van der Waals surface area contributed by atoms with E-state index in [-0.39, 0.29) is 16.9 Å². The summed E-state index contributed by atoms with van der Waals surface area (Å²) < 4.78 is 11.9. The number of halogens is 1. The topological polar surface area (TPSA) is 128 Å². The van der Waals surface area contributed by atoms with Crippen LogP contribution in [0, 0.1) is 10.1 Å². The second kappa shape index (κ2) is 10.3. The molecule has 1 saturated heterocycles. The van der Waals surface area contributed by atoms with Crippen LogP contribution < -0.4 is 19.7 Å². The van der Waals surface area contributed by atoms with Crippen molar-refractivity contribution >= 4 is 51.2 Å². The number of nitro groups is 1. The van der Waals surface area contributed by atoms with Crippen LogP contribution >= 0.6 is 15.9 Å². The highest BCUT2D eigenvalue weighted by atomic mass is 79.9. The second-order valence-corrected chi connectivity index (χ2v) is 7.70. The van der Waals surface area contributed by atoms with Gasteiger partial charge in [0.25, 0.3) is 17.5 Å². The number of imide groups is 2. The molecule has 1 aliphatic heterocycles. The molecule has 0 bridgehead atoms. The van der Waals surface area contributed by atoms with Crippen molar-refractivity contribution in [3.8, 4) is 11.5 Å². The molecule has 0 aliphatic carbocycles. The predicted molar refractivity (Wildman–Crippen MR) is 123 cm³/mol. The molecular weight excluding hydrogens is 498 g/mol. The molecule has 4 amide bonds. The highest BCUT2D eigenvalue weighted by Gasteiger charge is 2.37. The number of benzene rings is 2. The lowest BCUT2D eigenvalue weighted by molar-refractivity contribution is -0.384. The molecule has 33 heavy (non-hydrogen) atoms. The summed E-state index contributed by atoms with van der Waals surface area (Å²) in [4.78, 5) is 49.0. The highest BCUT2D eigenvalue weighted by Crippen LogP contribution is 2.38. The second-order valence-electron chi connectivity index (χ2n) is 6.85. The lowest BCUT2D eigenvalue weighted by Crippen LogP contribution is -2.54. The van der Waals surface area contributed by atoms with Crippen molar-refractivity contribution in [1.82, 2.24) is 5.32 Å². The number of carbonyl (C=O) groups is 3. The summed E-state index contributed by atoms with van der Waals surface area (Å²) >= 11 is 3.42. The average molecular weight is 518 g/mol. The van der Waals surface area contributed by atoms with Crippen molar-refractivity contribution in [3.05, 3.63) is 62.1 Å². The Morgan fingerprint density at radius 1 is 1.15 bits per heavy atom. The van der Waals surface area contributed by atoms with E-state index in [2.05, 4.69) is 21.2 Å². The minimum Gasteiger partial charge on any atom is -0.490 e. The van der Waals surface area contributed by atoms with Gasteiger partial charge in [0.15, 0.2) is 11.5 Å². The molecule has 2 aromatic carbocycles. The normalized spacial score (nSPS) is 14.9. The number of hydrogen-bond donors (Lipinski definition) is 1. The van der Waals surface area contributed by atoms with Gasteiger partial charge in [-0.3, -0.25) is 25.0 Å². The molecule has 1 fully saturated rings. The minimum atomic E-state index is -0.998. The zero-order valence-corrected chi connectivity index (χ0v) is 19.4. The number of nitrogens with one attached hydrogen (secondary N) is 1. The number of nitrogens with zero attached hydrogens (tertiary/aromatic N) is 2. The number of amides is 4. The fraction of sp³-hybridized carbons (Fsp3) is 0.227. The van der Waals surface area contributed by atoms with Gasteiger partial charge in [0.2, 0.25) is 0 Å². The van der Waals surface area contributed by atoms with E-state index >= 15 is 0 Å². The zero-order valence-electron chi connectivity index (χ0n) is 17.8. The van der Waals surface area contributed by atoms with Crippen LogP contribution in [0.5, 0.6) is 11.5 Å². The smallest absolute Gasteiger partial charge is 0.335 e. The van der Waals surface area contributed by atoms with E-state index in [1.54, 1.807) is 12.1 Å². The maximum atomic E-state index is 13.1. The molecule has 10 nitrogen and oxygen atoms in total. The largest absolute Gasteiger partial charge is 0.490 e. The van der Waals surface area contributed by atoms with Crippen molar-refractivity contribution in [3.63, 3.8) is 0 Å². The van der Waals surface area contributed by atoms with E-state index in [1.165, 1.54) is 24.3 Å². The molecular formula is C22H20BrN3O7. The summed E-state index contributed by atoms with van der Waals surface area (Å²) in [6.45, 7) is 4.61. The van der Waals surface area contributed by atoms with Gasteiger partial charge in [0.05, 0.1) is 28.3 Å². The molecule has 172 valence electrons. The number of urea groups is 1. The summed E-state index contributed by atoms with van der Waals surface area (Å²) in [5.41, 5.74) is -0.216. The number of carbonyl (C=O) groups excluding carboxylic acids is 3. The van der Waals surface area contributed by atoms with E-state index in [0.29, 0.717) is 39.6 Å². The highest BCUT2D eigenvalue weighted by molar-refractivity contribution is 9.10. The number of rotatable bonds is 8. The van der Waals surface area contributed by atoms with E-state index in [1.807, 2.05) is 13.8 Å². The fourth-order valence-corrected chi connectivity index (χ4v) is 3.66. The summed E-state index contributed by atoms with van der Waals surface area (Å²) in [6.07, 6.45) is 2.10. The molecule has 3 rings (SSSR count). The van der Waals surface area contributed by atoms with E-state index in [0.717, 1.165) is 12.5 Å². The number of ether oxygens (including phenoxy) is 2. The SMILES string of the molecule is CCCOc1c(Br)cc(/C=C2\C(=O)NC(=O)N(c3cccc([N+](=O)[O-])c3)C2=O)cc1OCC.